The van der Waals surface area contributed by atoms with Crippen molar-refractivity contribution in [1.82, 2.24) is 5.32 Å². The highest BCUT2D eigenvalue weighted by molar-refractivity contribution is 7.91. The predicted molar refractivity (Wildman–Crippen MR) is 159 cm³/mol. The molecule has 0 aromatic heterocycles. The lowest BCUT2D eigenvalue weighted by Crippen LogP contribution is -2.31. The first kappa shape index (κ1) is 32.8. The van der Waals surface area contributed by atoms with Crippen LogP contribution >= 0.6 is 0 Å². The van der Waals surface area contributed by atoms with Crippen molar-refractivity contribution in [3.8, 4) is 11.8 Å². The number of benzene rings is 3. The van der Waals surface area contributed by atoms with Gasteiger partial charge in [0.1, 0.15) is 11.9 Å². The van der Waals surface area contributed by atoms with Crippen LogP contribution in [0.2, 0.25) is 0 Å². The number of methoxy groups -OCH3 is 1. The van der Waals surface area contributed by atoms with E-state index in [9.17, 15) is 31.6 Å². The van der Waals surface area contributed by atoms with Crippen molar-refractivity contribution in [2.45, 2.75) is 55.4 Å². The molecule has 0 spiro atoms. The molecule has 234 valence electrons. The number of nitriles is 1. The van der Waals surface area contributed by atoms with E-state index in [-0.39, 0.29) is 35.1 Å². The zero-order valence-electron chi connectivity index (χ0n) is 24.4. The fourth-order valence-corrected chi connectivity index (χ4v) is 6.07. The van der Waals surface area contributed by atoms with E-state index in [0.29, 0.717) is 42.9 Å². The summed E-state index contributed by atoms with van der Waals surface area (Å²) in [7, 11) is -1.76. The number of sulfone groups is 1. The molecule has 3 aromatic carbocycles. The molecule has 1 N–H and O–H groups in total. The third-order valence-corrected chi connectivity index (χ3v) is 9.35. The molecule has 1 amide bonds. The van der Waals surface area contributed by atoms with Crippen molar-refractivity contribution >= 4 is 21.4 Å². The lowest BCUT2D eigenvalue weighted by molar-refractivity contribution is -0.137. The number of nitrogens with zero attached hydrogens (tertiary/aromatic N) is 2. The van der Waals surface area contributed by atoms with Gasteiger partial charge in [-0.05, 0) is 72.6 Å². The summed E-state index contributed by atoms with van der Waals surface area (Å²) in [5, 5.41) is 12.2. The molecule has 0 bridgehead atoms. The first-order valence-corrected chi connectivity index (χ1v) is 15.8. The van der Waals surface area contributed by atoms with Crippen molar-refractivity contribution < 1.29 is 35.9 Å². The minimum atomic E-state index is -4.42. The second kappa shape index (κ2) is 14.1. The first-order valence-electron chi connectivity index (χ1n) is 14.1. The molecule has 0 radical (unpaired) electrons. The fraction of sp³-hybridized carbons (Fsp3) is 0.375. The van der Waals surface area contributed by atoms with E-state index in [1.807, 2.05) is 12.1 Å². The molecule has 1 aliphatic heterocycles. The summed E-state index contributed by atoms with van der Waals surface area (Å²) in [5.74, 6) is -0.0585. The third kappa shape index (κ3) is 8.09. The van der Waals surface area contributed by atoms with Gasteiger partial charge in [-0.3, -0.25) is 4.79 Å². The normalized spacial score (nSPS) is 17.6. The highest BCUT2D eigenvalue weighted by atomic mass is 32.2. The van der Waals surface area contributed by atoms with E-state index in [0.717, 1.165) is 17.8 Å². The highest BCUT2D eigenvalue weighted by Crippen LogP contribution is 2.33. The van der Waals surface area contributed by atoms with Gasteiger partial charge in [0, 0.05) is 37.4 Å². The Kier molecular flexibility index (Phi) is 10.5. The van der Waals surface area contributed by atoms with Crippen molar-refractivity contribution in [2.75, 3.05) is 30.9 Å². The lowest BCUT2D eigenvalue weighted by Gasteiger charge is -2.26. The molecule has 8 nitrogen and oxygen atoms in total. The second-order valence-electron chi connectivity index (χ2n) is 10.5. The van der Waals surface area contributed by atoms with Gasteiger partial charge in [-0.25, -0.2) is 8.42 Å². The van der Waals surface area contributed by atoms with Crippen LogP contribution in [0, 0.1) is 11.3 Å². The van der Waals surface area contributed by atoms with E-state index in [4.69, 9.17) is 9.47 Å². The number of rotatable bonds is 12. The van der Waals surface area contributed by atoms with Gasteiger partial charge in [0.2, 0.25) is 0 Å². The Bertz CT molecular complexity index is 1560. The summed E-state index contributed by atoms with van der Waals surface area (Å²) in [6, 6.07) is 19.3. The number of alkyl halides is 3. The number of nitrogens with one attached hydrogen (secondary N) is 1. The molecule has 0 aliphatic carbocycles. The Labute approximate surface area is 255 Å². The number of halogens is 3. The molecule has 0 unspecified atom stereocenters. The van der Waals surface area contributed by atoms with Crippen LogP contribution in [-0.2, 0) is 20.8 Å². The van der Waals surface area contributed by atoms with Gasteiger partial charge >= 0.3 is 6.18 Å². The number of ether oxygens (including phenoxy) is 2. The maximum Gasteiger partial charge on any atom is 0.416 e. The van der Waals surface area contributed by atoms with Crippen LogP contribution in [0.1, 0.15) is 53.7 Å². The van der Waals surface area contributed by atoms with E-state index in [2.05, 4.69) is 16.3 Å². The summed E-state index contributed by atoms with van der Waals surface area (Å²) in [5.41, 5.74) is 1.11. The van der Waals surface area contributed by atoms with Crippen LogP contribution in [0.25, 0.3) is 0 Å². The van der Waals surface area contributed by atoms with E-state index < -0.39 is 27.6 Å². The minimum Gasteiger partial charge on any atom is -0.489 e. The Morgan fingerprint density at radius 2 is 1.73 bits per heavy atom. The Morgan fingerprint density at radius 3 is 2.30 bits per heavy atom. The van der Waals surface area contributed by atoms with Crippen LogP contribution in [0.3, 0.4) is 0 Å². The largest absolute Gasteiger partial charge is 0.489 e. The molecule has 1 aliphatic rings. The molecular weight excluding hydrogens is 595 g/mol. The molecule has 44 heavy (non-hydrogen) atoms. The number of hydrogen-bond acceptors (Lipinski definition) is 7. The summed E-state index contributed by atoms with van der Waals surface area (Å²) in [6.45, 7) is 2.57. The van der Waals surface area contributed by atoms with Gasteiger partial charge in [-0.2, -0.15) is 18.4 Å². The van der Waals surface area contributed by atoms with Crippen LogP contribution < -0.4 is 15.0 Å². The maximum absolute atomic E-state index is 13.1. The Morgan fingerprint density at radius 1 is 1.07 bits per heavy atom. The molecule has 3 aromatic rings. The molecule has 1 saturated heterocycles. The number of anilines is 1. The number of hydrogen-bond donors (Lipinski definition) is 1. The van der Waals surface area contributed by atoms with Crippen molar-refractivity contribution in [3.05, 3.63) is 89.5 Å². The van der Waals surface area contributed by atoms with Crippen LogP contribution in [0.5, 0.6) is 5.75 Å². The highest BCUT2D eigenvalue weighted by Gasteiger charge is 2.34. The Hall–Kier alpha value is -4.08. The topological polar surface area (TPSA) is 109 Å². The van der Waals surface area contributed by atoms with Crippen molar-refractivity contribution in [2.24, 2.45) is 0 Å². The number of carbonyl (C=O) groups is 1. The van der Waals surface area contributed by atoms with Gasteiger partial charge in [-0.15, -0.1) is 0 Å². The summed E-state index contributed by atoms with van der Waals surface area (Å²) in [6.07, 6.45) is -3.33. The predicted octanol–water partition coefficient (Wildman–Crippen LogP) is 5.95. The first-order chi connectivity index (χ1) is 20.9. The average molecular weight is 630 g/mol. The van der Waals surface area contributed by atoms with Gasteiger partial charge in [0.15, 0.2) is 9.84 Å². The van der Waals surface area contributed by atoms with E-state index >= 15 is 0 Å². The zero-order valence-corrected chi connectivity index (χ0v) is 25.2. The van der Waals surface area contributed by atoms with Gasteiger partial charge < -0.3 is 19.7 Å². The smallest absolute Gasteiger partial charge is 0.416 e. The summed E-state index contributed by atoms with van der Waals surface area (Å²) in [4.78, 5) is 15.4. The van der Waals surface area contributed by atoms with Gasteiger partial charge in [-0.1, -0.05) is 19.1 Å². The van der Waals surface area contributed by atoms with E-state index in [1.54, 1.807) is 38.3 Å². The monoisotopic (exact) mass is 629 g/mol. The second-order valence-corrected chi connectivity index (χ2v) is 12.8. The standard InChI is InChI=1S/C32H34F3N3O5S/c1-3-44(40,41)29-14-6-22(7-15-29)30(16-18-36)37-31(39)23-4-10-25(11-5-23)38-21-28(20-26(38)17-19-42-2)43-27-12-8-24(9-13-27)32(33,34)35/h4-15,26,28,30H,3,16-17,19-21H2,1-2H3,(H,37,39)/t26-,28+,30+/m1/s1. The number of carbonyl (C=O) groups excluding carboxylic acids is 1. The molecule has 1 heterocycles. The Balaban J connectivity index is 1.44. The molecule has 0 saturated carbocycles. The lowest BCUT2D eigenvalue weighted by atomic mass is 10.0. The van der Waals surface area contributed by atoms with Crippen LogP contribution in [0.15, 0.2) is 77.7 Å². The SMILES string of the molecule is CCS(=O)(=O)c1ccc([C@H](CC#N)NC(=O)c2ccc(N3C[C@@H](Oc4ccc(C(F)(F)F)cc4)C[C@H]3CCOC)cc2)cc1. The maximum atomic E-state index is 13.1. The van der Waals surface area contributed by atoms with Crippen molar-refractivity contribution in [1.29, 1.82) is 5.26 Å². The third-order valence-electron chi connectivity index (χ3n) is 7.60. The molecule has 3 atom stereocenters. The van der Waals surface area contributed by atoms with Crippen molar-refractivity contribution in [3.63, 3.8) is 0 Å². The molecule has 4 rings (SSSR count). The molecular formula is C32H34F3N3O5S. The summed E-state index contributed by atoms with van der Waals surface area (Å²) < 4.78 is 74.4. The minimum absolute atomic E-state index is 0.00102. The quantitative estimate of drug-likeness (QED) is 0.264. The average Bonchev–Trinajstić information content (AvgIpc) is 3.42. The van der Waals surface area contributed by atoms with Gasteiger partial charge in [0.05, 0.1) is 41.3 Å². The van der Waals surface area contributed by atoms with Gasteiger partial charge in [0.25, 0.3) is 5.91 Å². The molecule has 12 heteroatoms. The van der Waals surface area contributed by atoms with Crippen LogP contribution in [0.4, 0.5) is 18.9 Å². The number of amides is 1. The fourth-order valence-electron chi connectivity index (χ4n) is 5.18. The summed E-state index contributed by atoms with van der Waals surface area (Å²) >= 11 is 0. The zero-order chi connectivity index (χ0) is 31.9. The molecule has 1 fully saturated rings. The van der Waals surface area contributed by atoms with E-state index in [1.165, 1.54) is 24.3 Å². The van der Waals surface area contributed by atoms with Crippen LogP contribution in [-0.4, -0.2) is 52.5 Å².